The van der Waals surface area contributed by atoms with Gasteiger partial charge in [0, 0.05) is 26.2 Å². The summed E-state index contributed by atoms with van der Waals surface area (Å²) in [5.74, 6) is 0.0700. The lowest BCUT2D eigenvalue weighted by Gasteiger charge is -2.38. The fourth-order valence-electron chi connectivity index (χ4n) is 1.95. The SMILES string of the molecule is CN1CCN(C2CC2)C(CO)C1=O. The Bertz CT molecular complexity index is 216. The van der Waals surface area contributed by atoms with Crippen molar-refractivity contribution in [2.45, 2.75) is 24.9 Å². The van der Waals surface area contributed by atoms with Gasteiger partial charge in [0.2, 0.25) is 5.91 Å². The highest BCUT2D eigenvalue weighted by atomic mass is 16.3. The smallest absolute Gasteiger partial charge is 0.242 e. The second-order valence-electron chi connectivity index (χ2n) is 3.93. The first-order valence-electron chi connectivity index (χ1n) is 4.85. The van der Waals surface area contributed by atoms with Crippen molar-refractivity contribution in [1.82, 2.24) is 9.80 Å². The van der Waals surface area contributed by atoms with Gasteiger partial charge in [-0.05, 0) is 12.8 Å². The van der Waals surface area contributed by atoms with Crippen molar-refractivity contribution in [3.8, 4) is 0 Å². The van der Waals surface area contributed by atoms with Crippen LogP contribution in [0.25, 0.3) is 0 Å². The molecule has 0 bridgehead atoms. The highest BCUT2D eigenvalue weighted by molar-refractivity contribution is 5.82. The van der Waals surface area contributed by atoms with Crippen LogP contribution in [0.2, 0.25) is 0 Å². The average molecular weight is 184 g/mol. The molecule has 1 saturated heterocycles. The van der Waals surface area contributed by atoms with E-state index in [1.807, 2.05) is 0 Å². The Morgan fingerprint density at radius 2 is 2.15 bits per heavy atom. The van der Waals surface area contributed by atoms with Gasteiger partial charge < -0.3 is 10.0 Å². The second-order valence-corrected chi connectivity index (χ2v) is 3.93. The number of rotatable bonds is 2. The second kappa shape index (κ2) is 3.27. The molecule has 2 fully saturated rings. The van der Waals surface area contributed by atoms with Crippen molar-refractivity contribution >= 4 is 5.91 Å². The van der Waals surface area contributed by atoms with E-state index in [0.717, 1.165) is 13.1 Å². The lowest BCUT2D eigenvalue weighted by atomic mass is 10.1. The van der Waals surface area contributed by atoms with Gasteiger partial charge in [-0.2, -0.15) is 0 Å². The normalized spacial score (nSPS) is 31.1. The molecule has 1 aliphatic carbocycles. The van der Waals surface area contributed by atoms with Gasteiger partial charge in [0.1, 0.15) is 6.04 Å². The van der Waals surface area contributed by atoms with Crippen LogP contribution in [0.1, 0.15) is 12.8 Å². The number of piperazine rings is 1. The molecule has 1 aliphatic heterocycles. The van der Waals surface area contributed by atoms with E-state index >= 15 is 0 Å². The third-order valence-corrected chi connectivity index (χ3v) is 2.94. The summed E-state index contributed by atoms with van der Waals surface area (Å²) >= 11 is 0. The quantitative estimate of drug-likeness (QED) is 0.616. The number of carbonyl (C=O) groups excluding carboxylic acids is 1. The highest BCUT2D eigenvalue weighted by Crippen LogP contribution is 2.30. The summed E-state index contributed by atoms with van der Waals surface area (Å²) in [5, 5.41) is 9.14. The summed E-state index contributed by atoms with van der Waals surface area (Å²) in [6, 6.07) is 0.293. The Hall–Kier alpha value is -0.610. The van der Waals surface area contributed by atoms with Crippen LogP contribution in [0, 0.1) is 0 Å². The minimum Gasteiger partial charge on any atom is -0.394 e. The molecule has 1 amide bonds. The molecule has 0 radical (unpaired) electrons. The number of aliphatic hydroxyl groups excluding tert-OH is 1. The zero-order valence-corrected chi connectivity index (χ0v) is 7.94. The number of hydrogen-bond acceptors (Lipinski definition) is 3. The number of likely N-dealkylation sites (N-methyl/N-ethyl adjacent to an activating group) is 1. The first-order valence-corrected chi connectivity index (χ1v) is 4.85. The van der Waals surface area contributed by atoms with Gasteiger partial charge in [-0.3, -0.25) is 9.69 Å². The zero-order valence-electron chi connectivity index (χ0n) is 7.94. The summed E-state index contributed by atoms with van der Waals surface area (Å²) in [6.45, 7) is 1.67. The molecule has 1 atom stereocenters. The van der Waals surface area contributed by atoms with E-state index in [2.05, 4.69) is 4.90 Å². The van der Waals surface area contributed by atoms with E-state index in [0.29, 0.717) is 6.04 Å². The summed E-state index contributed by atoms with van der Waals surface area (Å²) in [5.41, 5.74) is 0. The van der Waals surface area contributed by atoms with Crippen LogP contribution in [0.4, 0.5) is 0 Å². The van der Waals surface area contributed by atoms with Crippen LogP contribution in [0.15, 0.2) is 0 Å². The Kier molecular flexibility index (Phi) is 2.26. The van der Waals surface area contributed by atoms with Gasteiger partial charge in [0.15, 0.2) is 0 Å². The Labute approximate surface area is 78.1 Å². The summed E-state index contributed by atoms with van der Waals surface area (Å²) in [4.78, 5) is 15.5. The molecule has 2 rings (SSSR count). The lowest BCUT2D eigenvalue weighted by molar-refractivity contribution is -0.142. The van der Waals surface area contributed by atoms with E-state index in [9.17, 15) is 4.79 Å². The van der Waals surface area contributed by atoms with Crippen LogP contribution in [0.3, 0.4) is 0 Å². The van der Waals surface area contributed by atoms with Crippen LogP contribution < -0.4 is 0 Å². The van der Waals surface area contributed by atoms with E-state index in [-0.39, 0.29) is 18.6 Å². The lowest BCUT2D eigenvalue weighted by Crippen LogP contribution is -2.57. The van der Waals surface area contributed by atoms with Crippen LogP contribution in [0.5, 0.6) is 0 Å². The van der Waals surface area contributed by atoms with Crippen molar-refractivity contribution < 1.29 is 9.90 Å². The molecule has 0 aromatic heterocycles. The largest absolute Gasteiger partial charge is 0.394 e. The van der Waals surface area contributed by atoms with Crippen molar-refractivity contribution in [1.29, 1.82) is 0 Å². The van der Waals surface area contributed by atoms with Gasteiger partial charge in [-0.25, -0.2) is 0 Å². The van der Waals surface area contributed by atoms with Gasteiger partial charge in [-0.1, -0.05) is 0 Å². The Morgan fingerprint density at radius 3 is 2.69 bits per heavy atom. The number of aliphatic hydroxyl groups is 1. The van der Waals surface area contributed by atoms with E-state index in [1.165, 1.54) is 12.8 Å². The summed E-state index contributed by atoms with van der Waals surface area (Å²) in [6.07, 6.45) is 2.38. The van der Waals surface area contributed by atoms with Gasteiger partial charge >= 0.3 is 0 Å². The molecule has 1 unspecified atom stereocenters. The predicted molar refractivity (Wildman–Crippen MR) is 48.2 cm³/mol. The first-order chi connectivity index (χ1) is 6.24. The van der Waals surface area contributed by atoms with Gasteiger partial charge in [0.25, 0.3) is 0 Å². The third-order valence-electron chi connectivity index (χ3n) is 2.94. The standard InChI is InChI=1S/C9H16N2O2/c1-10-4-5-11(7-2-3-7)8(6-12)9(10)13/h7-8,12H,2-6H2,1H3. The summed E-state index contributed by atoms with van der Waals surface area (Å²) < 4.78 is 0. The van der Waals surface area contributed by atoms with Gasteiger partial charge in [-0.15, -0.1) is 0 Å². The van der Waals surface area contributed by atoms with E-state index in [1.54, 1.807) is 11.9 Å². The number of nitrogens with zero attached hydrogens (tertiary/aromatic N) is 2. The molecule has 1 saturated carbocycles. The molecule has 4 nitrogen and oxygen atoms in total. The minimum absolute atomic E-state index is 0.0420. The Balaban J connectivity index is 2.06. The molecule has 1 heterocycles. The summed E-state index contributed by atoms with van der Waals surface area (Å²) in [7, 11) is 1.80. The third kappa shape index (κ3) is 1.56. The van der Waals surface area contributed by atoms with Crippen molar-refractivity contribution in [3.05, 3.63) is 0 Å². The maximum absolute atomic E-state index is 11.6. The van der Waals surface area contributed by atoms with E-state index < -0.39 is 0 Å². The molecule has 0 spiro atoms. The predicted octanol–water partition coefficient (Wildman–Crippen LogP) is -0.716. The molecular weight excluding hydrogens is 168 g/mol. The molecule has 13 heavy (non-hydrogen) atoms. The number of amides is 1. The van der Waals surface area contributed by atoms with Gasteiger partial charge in [0.05, 0.1) is 6.61 Å². The highest BCUT2D eigenvalue weighted by Gasteiger charge is 2.40. The zero-order chi connectivity index (χ0) is 9.42. The Morgan fingerprint density at radius 1 is 1.46 bits per heavy atom. The fraction of sp³-hybridized carbons (Fsp3) is 0.889. The van der Waals surface area contributed by atoms with Crippen LogP contribution in [-0.2, 0) is 4.79 Å². The molecular formula is C9H16N2O2. The topological polar surface area (TPSA) is 43.8 Å². The first kappa shape index (κ1) is 8.97. The molecule has 2 aliphatic rings. The monoisotopic (exact) mass is 184 g/mol. The van der Waals surface area contributed by atoms with Crippen molar-refractivity contribution in [2.24, 2.45) is 0 Å². The molecule has 0 aromatic rings. The molecule has 4 heteroatoms. The van der Waals surface area contributed by atoms with Crippen molar-refractivity contribution in [3.63, 3.8) is 0 Å². The minimum atomic E-state index is -0.272. The molecule has 1 N–H and O–H groups in total. The molecule has 74 valence electrons. The maximum Gasteiger partial charge on any atom is 0.242 e. The van der Waals surface area contributed by atoms with Crippen molar-refractivity contribution in [2.75, 3.05) is 26.7 Å². The fourth-order valence-corrected chi connectivity index (χ4v) is 1.95. The number of hydrogen-bond donors (Lipinski definition) is 1. The average Bonchev–Trinajstić information content (AvgIpc) is 2.92. The number of carbonyl (C=O) groups is 1. The maximum atomic E-state index is 11.6. The van der Waals surface area contributed by atoms with E-state index in [4.69, 9.17) is 5.11 Å². The van der Waals surface area contributed by atoms with Crippen LogP contribution >= 0.6 is 0 Å². The molecule has 0 aromatic carbocycles. The van der Waals surface area contributed by atoms with Crippen LogP contribution in [-0.4, -0.2) is 59.6 Å².